The average Bonchev–Trinajstić information content (AvgIpc) is 3.90. The summed E-state index contributed by atoms with van der Waals surface area (Å²) in [5.41, 5.74) is 13.9. The number of benzene rings is 7. The first-order valence-corrected chi connectivity index (χ1v) is 20.8. The van der Waals surface area contributed by atoms with Gasteiger partial charge in [-0.1, -0.05) is 120 Å². The van der Waals surface area contributed by atoms with Crippen LogP contribution < -0.4 is 0 Å². The highest BCUT2D eigenvalue weighted by atomic mass is 16.5. The zero-order chi connectivity index (χ0) is 40.5. The van der Waals surface area contributed by atoms with Gasteiger partial charge in [0.1, 0.15) is 17.3 Å². The molecule has 5 heteroatoms. The van der Waals surface area contributed by atoms with Crippen LogP contribution in [0.4, 0.5) is 0 Å². The van der Waals surface area contributed by atoms with Crippen molar-refractivity contribution in [3.05, 3.63) is 210 Å². The van der Waals surface area contributed by atoms with Crippen LogP contribution in [0.1, 0.15) is 47.6 Å². The molecule has 1 aliphatic heterocycles. The molecule has 60 heavy (non-hydrogen) atoms. The van der Waals surface area contributed by atoms with Crippen molar-refractivity contribution in [2.75, 3.05) is 0 Å². The lowest BCUT2D eigenvalue weighted by Gasteiger charge is -2.32. The minimum Gasteiger partial charge on any atom is -0.469 e. The third kappa shape index (κ3) is 5.92. The van der Waals surface area contributed by atoms with Gasteiger partial charge in [-0.2, -0.15) is 0 Å². The van der Waals surface area contributed by atoms with Crippen LogP contribution in [0.5, 0.6) is 0 Å². The van der Waals surface area contributed by atoms with Crippen LogP contribution in [0.15, 0.2) is 187 Å². The molecule has 0 fully saturated rings. The van der Waals surface area contributed by atoms with Gasteiger partial charge in [0, 0.05) is 50.6 Å². The van der Waals surface area contributed by atoms with Gasteiger partial charge >= 0.3 is 0 Å². The lowest BCUT2D eigenvalue weighted by atomic mass is 9.79. The van der Waals surface area contributed by atoms with E-state index in [-0.39, 0.29) is 12.0 Å². The third-order valence-corrected chi connectivity index (χ3v) is 12.3. The minimum atomic E-state index is -0.581. The molecule has 0 spiro atoms. The molecule has 10 aromatic rings. The molecule has 0 N–H and O–H groups in total. The number of aromatic nitrogens is 3. The number of nitrogens with zero attached hydrogens (tertiary/aromatic N) is 4. The number of fused-ring (bicyclic) bond motifs is 6. The maximum atomic E-state index is 7.01. The Morgan fingerprint density at radius 1 is 0.500 bits per heavy atom. The van der Waals surface area contributed by atoms with E-state index in [0.29, 0.717) is 5.90 Å². The Labute approximate surface area is 349 Å². The zero-order valence-electron chi connectivity index (χ0n) is 34.2. The summed E-state index contributed by atoms with van der Waals surface area (Å²) in [5.74, 6) is 0.666. The summed E-state index contributed by atoms with van der Waals surface area (Å²) in [4.78, 5) is 10.5. The minimum absolute atomic E-state index is 0.00919. The number of ether oxygens (including phenoxy) is 1. The van der Waals surface area contributed by atoms with Gasteiger partial charge in [-0.05, 0) is 117 Å². The van der Waals surface area contributed by atoms with Crippen LogP contribution in [0, 0.1) is 13.8 Å². The van der Waals surface area contributed by atoms with Crippen molar-refractivity contribution in [1.82, 2.24) is 14.1 Å². The highest BCUT2D eigenvalue weighted by Gasteiger charge is 2.45. The molecule has 1 atom stereocenters. The predicted molar refractivity (Wildman–Crippen MR) is 248 cm³/mol. The first kappa shape index (κ1) is 35.9. The van der Waals surface area contributed by atoms with Crippen LogP contribution >= 0.6 is 0 Å². The molecule has 7 aromatic carbocycles. The van der Waals surface area contributed by atoms with Crippen LogP contribution in [0.3, 0.4) is 0 Å². The molecular weight excluding hydrogens is 733 g/mol. The van der Waals surface area contributed by atoms with Gasteiger partial charge in [-0.3, -0.25) is 4.57 Å². The number of aliphatic imine (C=N–C) groups is 1. The molecule has 3 aromatic heterocycles. The van der Waals surface area contributed by atoms with E-state index in [1.54, 1.807) is 0 Å². The van der Waals surface area contributed by atoms with Crippen molar-refractivity contribution in [2.45, 2.75) is 45.3 Å². The average molecular weight is 777 g/mol. The third-order valence-electron chi connectivity index (χ3n) is 12.3. The maximum Gasteiger partial charge on any atom is 0.217 e. The first-order valence-electron chi connectivity index (χ1n) is 20.8. The molecule has 0 aliphatic carbocycles. The van der Waals surface area contributed by atoms with Crippen molar-refractivity contribution < 1.29 is 4.74 Å². The highest BCUT2D eigenvalue weighted by Crippen LogP contribution is 2.43. The van der Waals surface area contributed by atoms with Gasteiger partial charge in [0.15, 0.2) is 0 Å². The fraction of sp³-hybridized carbons (Fsp3) is 0.127. The Bertz CT molecular complexity index is 3250. The van der Waals surface area contributed by atoms with Crippen molar-refractivity contribution in [3.63, 3.8) is 0 Å². The Kier molecular flexibility index (Phi) is 8.35. The Hall–Kier alpha value is -7.24. The van der Waals surface area contributed by atoms with Crippen LogP contribution in [-0.2, 0) is 4.74 Å². The van der Waals surface area contributed by atoms with Crippen molar-refractivity contribution in [1.29, 1.82) is 0 Å². The van der Waals surface area contributed by atoms with E-state index in [1.165, 1.54) is 38.4 Å². The Morgan fingerprint density at radius 3 is 1.80 bits per heavy atom. The number of pyridine rings is 1. The molecule has 4 heterocycles. The van der Waals surface area contributed by atoms with Gasteiger partial charge in [0.25, 0.3) is 0 Å². The lowest BCUT2D eigenvalue weighted by Crippen LogP contribution is -2.38. The number of hydrogen-bond acceptors (Lipinski definition) is 3. The van der Waals surface area contributed by atoms with Crippen LogP contribution in [0.25, 0.3) is 66.2 Å². The topological polar surface area (TPSA) is 44.3 Å². The van der Waals surface area contributed by atoms with E-state index in [4.69, 9.17) is 14.7 Å². The SMILES string of the molecule is Cc1ccc2c(c1)c1ccc(-n3c4ccc(C)cc4c4cccnc43)cc1n2-c1cc(C2=N[C@H](C(c3ccccc3)c3ccccc3)C(C)(C)O2)cc(-c2ccccc2)c1. The monoisotopic (exact) mass is 776 g/mol. The predicted octanol–water partition coefficient (Wildman–Crippen LogP) is 13.3. The summed E-state index contributed by atoms with van der Waals surface area (Å²) in [6, 6.07) is 63.3. The van der Waals surface area contributed by atoms with E-state index in [9.17, 15) is 0 Å². The normalized spacial score (nSPS) is 15.0. The smallest absolute Gasteiger partial charge is 0.217 e. The lowest BCUT2D eigenvalue weighted by molar-refractivity contribution is 0.0916. The van der Waals surface area contributed by atoms with Crippen LogP contribution in [-0.4, -0.2) is 31.7 Å². The molecule has 0 saturated heterocycles. The largest absolute Gasteiger partial charge is 0.469 e. The van der Waals surface area contributed by atoms with Crippen molar-refractivity contribution >= 4 is 49.6 Å². The molecular formula is C55H44N4O. The van der Waals surface area contributed by atoms with Crippen LogP contribution in [0.2, 0.25) is 0 Å². The quantitative estimate of drug-likeness (QED) is 0.162. The summed E-state index contributed by atoms with van der Waals surface area (Å²) in [5, 5.41) is 4.75. The second-order valence-electron chi connectivity index (χ2n) is 16.8. The molecule has 0 saturated carbocycles. The molecule has 0 radical (unpaired) electrons. The summed E-state index contributed by atoms with van der Waals surface area (Å²) < 4.78 is 11.7. The molecule has 5 nitrogen and oxygen atoms in total. The van der Waals surface area contributed by atoms with Gasteiger partial charge in [-0.25, -0.2) is 9.98 Å². The summed E-state index contributed by atoms with van der Waals surface area (Å²) >= 11 is 0. The zero-order valence-corrected chi connectivity index (χ0v) is 34.2. The van der Waals surface area contributed by atoms with E-state index in [0.717, 1.165) is 55.6 Å². The second kappa shape index (κ2) is 14.0. The summed E-state index contributed by atoms with van der Waals surface area (Å²) in [6.07, 6.45) is 1.89. The van der Waals surface area contributed by atoms with Crippen molar-refractivity contribution in [3.8, 4) is 22.5 Å². The highest BCUT2D eigenvalue weighted by molar-refractivity contribution is 6.12. The number of rotatable bonds is 7. The Morgan fingerprint density at radius 2 is 1.12 bits per heavy atom. The molecule has 0 unspecified atom stereocenters. The first-order chi connectivity index (χ1) is 29.3. The van der Waals surface area contributed by atoms with Gasteiger partial charge < -0.3 is 9.30 Å². The van der Waals surface area contributed by atoms with E-state index in [2.05, 4.69) is 207 Å². The Balaban J connectivity index is 1.14. The fourth-order valence-electron chi connectivity index (χ4n) is 9.53. The summed E-state index contributed by atoms with van der Waals surface area (Å²) in [7, 11) is 0. The standard InChI is InChI=1S/C55H44N4O/c1-35-22-26-48-46(29-35)44-25-24-42(59-49-27-23-36(2)30-47(49)45-21-14-28-56-53(45)59)34-50(44)58(48)43-32-40(37-15-8-5-9-16-37)31-41(33-43)54-57-52(55(3,4)60-54)51(38-17-10-6-11-18-38)39-19-12-7-13-20-39/h5-34,51-52H,1-4H3/t52-/m1/s1. The summed E-state index contributed by atoms with van der Waals surface area (Å²) in [6.45, 7) is 8.67. The van der Waals surface area contributed by atoms with E-state index in [1.807, 2.05) is 12.3 Å². The molecule has 0 amide bonds. The van der Waals surface area contributed by atoms with Gasteiger partial charge in [-0.15, -0.1) is 0 Å². The van der Waals surface area contributed by atoms with E-state index < -0.39 is 5.60 Å². The fourth-order valence-corrected chi connectivity index (χ4v) is 9.53. The van der Waals surface area contributed by atoms with Gasteiger partial charge in [0.05, 0.1) is 16.6 Å². The van der Waals surface area contributed by atoms with Gasteiger partial charge in [0.2, 0.25) is 5.90 Å². The molecule has 1 aliphatic rings. The van der Waals surface area contributed by atoms with Crippen molar-refractivity contribution in [2.24, 2.45) is 4.99 Å². The second-order valence-corrected chi connectivity index (χ2v) is 16.8. The van der Waals surface area contributed by atoms with E-state index >= 15 is 0 Å². The number of aryl methyl sites for hydroxylation is 2. The molecule has 0 bridgehead atoms. The molecule has 11 rings (SSSR count). The maximum absolute atomic E-state index is 7.01. The molecule has 290 valence electrons. The number of hydrogen-bond donors (Lipinski definition) is 0.